The molecule has 0 unspecified atom stereocenters. The Morgan fingerprint density at radius 3 is 2.76 bits per heavy atom. The minimum Gasteiger partial charge on any atom is -0.482 e. The molecule has 2 aromatic carbocycles. The van der Waals surface area contributed by atoms with Gasteiger partial charge in [0, 0.05) is 22.2 Å². The van der Waals surface area contributed by atoms with Gasteiger partial charge in [-0.2, -0.15) is 0 Å². The first-order chi connectivity index (χ1) is 9.97. The van der Waals surface area contributed by atoms with Crippen LogP contribution in [0.1, 0.15) is 10.4 Å². The molecule has 0 aliphatic rings. The average Bonchev–Trinajstić information content (AvgIpc) is 2.48. The Morgan fingerprint density at radius 1 is 1.29 bits per heavy atom. The van der Waals surface area contributed by atoms with Crippen LogP contribution in [-0.4, -0.2) is 17.3 Å². The molecule has 0 bridgehead atoms. The summed E-state index contributed by atoms with van der Waals surface area (Å²) in [7, 11) is 0. The number of nitro groups is 1. The van der Waals surface area contributed by atoms with Gasteiger partial charge < -0.3 is 4.74 Å². The van der Waals surface area contributed by atoms with Crippen LogP contribution in [-0.2, 0) is 0 Å². The van der Waals surface area contributed by atoms with E-state index in [-0.39, 0.29) is 17.0 Å². The average molecular weight is 354 g/mol. The fraction of sp³-hybridized carbons (Fsp3) is 0.0714. The molecule has 0 saturated carbocycles. The quantitative estimate of drug-likeness (QED) is 0.466. The number of carbonyl (C=O) groups is 1. The lowest BCUT2D eigenvalue weighted by Gasteiger charge is -2.07. The molecule has 7 heteroatoms. The molecule has 0 atom stereocenters. The lowest BCUT2D eigenvalue weighted by Crippen LogP contribution is -2.12. The third-order valence-corrected chi connectivity index (χ3v) is 3.12. The topological polar surface area (TPSA) is 69.4 Å². The first kappa shape index (κ1) is 15.1. The number of Topliss-reactive ketones (excluding diaryl/α,β-unsaturated/α-hetero) is 1. The smallest absolute Gasteiger partial charge is 0.270 e. The molecule has 0 amide bonds. The van der Waals surface area contributed by atoms with Crippen LogP contribution in [0.2, 0.25) is 0 Å². The van der Waals surface area contributed by atoms with Crippen LogP contribution in [0.15, 0.2) is 46.9 Å². The maximum Gasteiger partial charge on any atom is 0.270 e. The second kappa shape index (κ2) is 6.45. The van der Waals surface area contributed by atoms with E-state index in [1.165, 1.54) is 36.4 Å². The summed E-state index contributed by atoms with van der Waals surface area (Å²) in [5.41, 5.74) is -0.0471. The largest absolute Gasteiger partial charge is 0.482 e. The summed E-state index contributed by atoms with van der Waals surface area (Å²) >= 11 is 3.17. The predicted molar refractivity (Wildman–Crippen MR) is 77.0 cm³/mol. The van der Waals surface area contributed by atoms with Gasteiger partial charge in [0.05, 0.1) is 4.92 Å². The van der Waals surface area contributed by atoms with Gasteiger partial charge in [0.1, 0.15) is 0 Å². The van der Waals surface area contributed by atoms with Crippen LogP contribution in [0.4, 0.5) is 10.1 Å². The Morgan fingerprint density at radius 2 is 2.05 bits per heavy atom. The summed E-state index contributed by atoms with van der Waals surface area (Å²) in [6.07, 6.45) is 0. The van der Waals surface area contributed by atoms with Crippen molar-refractivity contribution < 1.29 is 18.8 Å². The zero-order valence-electron chi connectivity index (χ0n) is 10.6. The van der Waals surface area contributed by atoms with E-state index < -0.39 is 23.1 Å². The van der Waals surface area contributed by atoms with Crippen LogP contribution in [0.25, 0.3) is 0 Å². The molecular weight excluding hydrogens is 345 g/mol. The Labute approximate surface area is 127 Å². The molecule has 21 heavy (non-hydrogen) atoms. The highest BCUT2D eigenvalue weighted by atomic mass is 79.9. The molecule has 2 rings (SSSR count). The summed E-state index contributed by atoms with van der Waals surface area (Å²) in [5, 5.41) is 10.6. The van der Waals surface area contributed by atoms with E-state index in [9.17, 15) is 19.3 Å². The van der Waals surface area contributed by atoms with E-state index in [4.69, 9.17) is 4.74 Å². The van der Waals surface area contributed by atoms with Crippen molar-refractivity contribution in [3.63, 3.8) is 0 Å². The molecule has 0 heterocycles. The van der Waals surface area contributed by atoms with Crippen LogP contribution in [0.3, 0.4) is 0 Å². The summed E-state index contributed by atoms with van der Waals surface area (Å²) in [6, 6.07) is 9.40. The number of ketones is 1. The molecule has 2 aromatic rings. The van der Waals surface area contributed by atoms with E-state index in [0.717, 1.165) is 6.07 Å². The van der Waals surface area contributed by atoms with Crippen molar-refractivity contribution in [2.75, 3.05) is 6.61 Å². The molecular formula is C14H9BrFNO4. The number of benzene rings is 2. The van der Waals surface area contributed by atoms with Gasteiger partial charge in [0.2, 0.25) is 0 Å². The highest BCUT2D eigenvalue weighted by molar-refractivity contribution is 9.10. The third kappa shape index (κ3) is 3.85. The lowest BCUT2D eigenvalue weighted by molar-refractivity contribution is -0.384. The van der Waals surface area contributed by atoms with E-state index in [2.05, 4.69) is 15.9 Å². The molecule has 0 saturated heterocycles. The Kier molecular flexibility index (Phi) is 4.64. The number of ether oxygens (including phenoxy) is 1. The number of rotatable bonds is 5. The SMILES string of the molecule is O=C(COc1cc(Br)ccc1F)c1cccc([N+](=O)[O-])c1. The normalized spacial score (nSPS) is 10.2. The Hall–Kier alpha value is -2.28. The van der Waals surface area contributed by atoms with Gasteiger partial charge >= 0.3 is 0 Å². The molecule has 5 nitrogen and oxygen atoms in total. The van der Waals surface area contributed by atoms with Crippen LogP contribution in [0.5, 0.6) is 5.75 Å². The summed E-state index contributed by atoms with van der Waals surface area (Å²) in [5.74, 6) is -1.13. The zero-order valence-corrected chi connectivity index (χ0v) is 12.2. The van der Waals surface area contributed by atoms with Crippen LogP contribution >= 0.6 is 15.9 Å². The lowest BCUT2D eigenvalue weighted by atomic mass is 10.1. The van der Waals surface area contributed by atoms with Gasteiger partial charge in [-0.1, -0.05) is 28.1 Å². The molecule has 0 aromatic heterocycles. The van der Waals surface area contributed by atoms with E-state index in [1.54, 1.807) is 0 Å². The second-order valence-corrected chi connectivity index (χ2v) is 5.01. The maximum absolute atomic E-state index is 13.4. The standard InChI is InChI=1S/C14H9BrFNO4/c15-10-4-5-12(16)14(7-10)21-8-13(18)9-2-1-3-11(6-9)17(19)20/h1-7H,8H2. The summed E-state index contributed by atoms with van der Waals surface area (Å²) in [4.78, 5) is 22.0. The fourth-order valence-corrected chi connectivity index (χ4v) is 1.95. The summed E-state index contributed by atoms with van der Waals surface area (Å²) in [6.45, 7) is -0.408. The van der Waals surface area contributed by atoms with E-state index in [1.807, 2.05) is 0 Å². The minimum absolute atomic E-state index is 0.0665. The van der Waals surface area contributed by atoms with Crippen molar-refractivity contribution in [1.82, 2.24) is 0 Å². The van der Waals surface area contributed by atoms with Crippen molar-refractivity contribution in [3.05, 3.63) is 68.4 Å². The predicted octanol–water partition coefficient (Wildman–Crippen LogP) is 3.76. The number of hydrogen-bond acceptors (Lipinski definition) is 4. The zero-order chi connectivity index (χ0) is 15.4. The molecule has 0 aliphatic carbocycles. The molecule has 0 radical (unpaired) electrons. The van der Waals surface area contributed by atoms with Gasteiger partial charge in [0.25, 0.3) is 5.69 Å². The first-order valence-corrected chi connectivity index (χ1v) is 6.62. The molecule has 0 N–H and O–H groups in total. The van der Waals surface area contributed by atoms with Crippen molar-refractivity contribution in [1.29, 1.82) is 0 Å². The summed E-state index contributed by atoms with van der Waals surface area (Å²) < 4.78 is 19.2. The number of nitro benzene ring substituents is 1. The van der Waals surface area contributed by atoms with Crippen molar-refractivity contribution in [2.24, 2.45) is 0 Å². The van der Waals surface area contributed by atoms with Crippen LogP contribution in [0, 0.1) is 15.9 Å². The number of nitrogens with zero attached hydrogens (tertiary/aromatic N) is 1. The van der Waals surface area contributed by atoms with Gasteiger partial charge in [0.15, 0.2) is 24.0 Å². The molecule has 108 valence electrons. The molecule has 0 aliphatic heterocycles. The van der Waals surface area contributed by atoms with Crippen molar-refractivity contribution in [3.8, 4) is 5.75 Å². The maximum atomic E-state index is 13.4. The fourth-order valence-electron chi connectivity index (χ4n) is 1.61. The third-order valence-electron chi connectivity index (χ3n) is 2.63. The highest BCUT2D eigenvalue weighted by Crippen LogP contribution is 2.22. The number of carbonyl (C=O) groups excluding carboxylic acids is 1. The molecule has 0 fully saturated rings. The van der Waals surface area contributed by atoms with Gasteiger partial charge in [-0.15, -0.1) is 0 Å². The number of hydrogen-bond donors (Lipinski definition) is 0. The minimum atomic E-state index is -0.593. The van der Waals surface area contributed by atoms with Gasteiger partial charge in [-0.05, 0) is 18.2 Å². The van der Waals surface area contributed by atoms with Gasteiger partial charge in [-0.3, -0.25) is 14.9 Å². The first-order valence-electron chi connectivity index (χ1n) is 5.83. The number of non-ortho nitro benzene ring substituents is 1. The number of halogens is 2. The second-order valence-electron chi connectivity index (χ2n) is 4.09. The Balaban J connectivity index is 2.10. The molecule has 0 spiro atoms. The van der Waals surface area contributed by atoms with E-state index in [0.29, 0.717) is 4.47 Å². The van der Waals surface area contributed by atoms with Gasteiger partial charge in [-0.25, -0.2) is 4.39 Å². The Bertz CT molecular complexity index is 705. The van der Waals surface area contributed by atoms with Crippen molar-refractivity contribution >= 4 is 27.4 Å². The highest BCUT2D eigenvalue weighted by Gasteiger charge is 2.13. The van der Waals surface area contributed by atoms with E-state index >= 15 is 0 Å². The van der Waals surface area contributed by atoms with Crippen LogP contribution < -0.4 is 4.74 Å². The van der Waals surface area contributed by atoms with Crippen molar-refractivity contribution in [2.45, 2.75) is 0 Å². The monoisotopic (exact) mass is 353 g/mol.